The van der Waals surface area contributed by atoms with Gasteiger partial charge in [0, 0.05) is 5.92 Å². The molecule has 184 valence electrons. The standard InChI is InChI=1S/C27H28F6O/c1-2-3-4-16-5-11-21(23(28)13-16)18-8-6-17(7-9-18)19-10-12-22-20(14-19)15-24(29)26(25(22)30)34-27(31,32)33/h6-10,15-16,21,23H,2-5,11-14H2,1H3. The van der Waals surface area contributed by atoms with Gasteiger partial charge in [-0.1, -0.05) is 56.5 Å². The van der Waals surface area contributed by atoms with Gasteiger partial charge in [0.15, 0.2) is 11.6 Å². The summed E-state index contributed by atoms with van der Waals surface area (Å²) in [6, 6.07) is 8.50. The number of allylic oxidation sites excluding steroid dienone is 2. The Hall–Kier alpha value is -2.44. The minimum absolute atomic E-state index is 0.00104. The summed E-state index contributed by atoms with van der Waals surface area (Å²) >= 11 is 0. The third-order valence-electron chi connectivity index (χ3n) is 7.08. The zero-order valence-corrected chi connectivity index (χ0v) is 19.0. The monoisotopic (exact) mass is 482 g/mol. The molecule has 2 aliphatic carbocycles. The van der Waals surface area contributed by atoms with Crippen LogP contribution in [-0.4, -0.2) is 12.5 Å². The molecule has 1 fully saturated rings. The Labute approximate surface area is 195 Å². The fraction of sp³-hybridized carbons (Fsp3) is 0.481. The lowest BCUT2D eigenvalue weighted by Gasteiger charge is -2.32. The van der Waals surface area contributed by atoms with Gasteiger partial charge >= 0.3 is 6.36 Å². The van der Waals surface area contributed by atoms with Crippen LogP contribution >= 0.6 is 0 Å². The van der Waals surface area contributed by atoms with Crippen LogP contribution in [0.4, 0.5) is 26.3 Å². The number of benzene rings is 2. The molecular weight excluding hydrogens is 454 g/mol. The maximum absolute atomic E-state index is 14.9. The van der Waals surface area contributed by atoms with E-state index in [2.05, 4.69) is 11.7 Å². The Bertz CT molecular complexity index is 1040. The SMILES string of the molecule is CCCCC1CCC(c2ccc(C3=CCc4c(cc(F)c(OC(F)(F)F)c4F)C3)cc2)C(F)C1. The lowest BCUT2D eigenvalue weighted by atomic mass is 9.75. The molecule has 0 amide bonds. The first-order valence-electron chi connectivity index (χ1n) is 11.8. The third-order valence-corrected chi connectivity index (χ3v) is 7.08. The first kappa shape index (κ1) is 24.7. The van der Waals surface area contributed by atoms with Crippen LogP contribution in [0.3, 0.4) is 0 Å². The van der Waals surface area contributed by atoms with Crippen molar-refractivity contribution in [2.45, 2.75) is 76.7 Å². The molecule has 0 bridgehead atoms. The van der Waals surface area contributed by atoms with E-state index in [1.807, 2.05) is 24.3 Å². The second kappa shape index (κ2) is 10.0. The zero-order chi connectivity index (χ0) is 24.5. The van der Waals surface area contributed by atoms with E-state index in [9.17, 15) is 26.3 Å². The zero-order valence-electron chi connectivity index (χ0n) is 19.0. The maximum atomic E-state index is 14.9. The van der Waals surface area contributed by atoms with Crippen molar-refractivity contribution in [2.24, 2.45) is 5.92 Å². The predicted molar refractivity (Wildman–Crippen MR) is 119 cm³/mol. The molecule has 0 radical (unpaired) electrons. The quantitative estimate of drug-likeness (QED) is 0.375. The van der Waals surface area contributed by atoms with Crippen LogP contribution < -0.4 is 4.74 Å². The lowest BCUT2D eigenvalue weighted by Crippen LogP contribution is -2.24. The van der Waals surface area contributed by atoms with Crippen molar-refractivity contribution < 1.29 is 31.1 Å². The van der Waals surface area contributed by atoms with Gasteiger partial charge in [0.2, 0.25) is 5.75 Å². The number of fused-ring (bicyclic) bond motifs is 1. The first-order valence-corrected chi connectivity index (χ1v) is 11.8. The van der Waals surface area contributed by atoms with Gasteiger partial charge in [-0.15, -0.1) is 13.2 Å². The summed E-state index contributed by atoms with van der Waals surface area (Å²) in [7, 11) is 0. The van der Waals surface area contributed by atoms with Crippen molar-refractivity contribution in [2.75, 3.05) is 0 Å². The number of ether oxygens (including phenoxy) is 1. The van der Waals surface area contributed by atoms with Gasteiger partial charge in [0.25, 0.3) is 0 Å². The molecule has 4 rings (SSSR count). The van der Waals surface area contributed by atoms with E-state index in [-0.39, 0.29) is 24.3 Å². The minimum atomic E-state index is -5.18. The van der Waals surface area contributed by atoms with Crippen LogP contribution in [0.2, 0.25) is 0 Å². The molecule has 0 aliphatic heterocycles. The van der Waals surface area contributed by atoms with Crippen LogP contribution in [0, 0.1) is 17.6 Å². The molecule has 0 heterocycles. The molecule has 1 nitrogen and oxygen atoms in total. The lowest BCUT2D eigenvalue weighted by molar-refractivity contribution is -0.276. The Kier molecular flexibility index (Phi) is 7.29. The number of hydrogen-bond acceptors (Lipinski definition) is 1. The van der Waals surface area contributed by atoms with Crippen LogP contribution in [0.5, 0.6) is 5.75 Å². The summed E-state index contributed by atoms with van der Waals surface area (Å²) in [5.74, 6) is -3.78. The largest absolute Gasteiger partial charge is 0.573 e. The van der Waals surface area contributed by atoms with Crippen molar-refractivity contribution in [1.29, 1.82) is 0 Å². The highest BCUT2D eigenvalue weighted by Gasteiger charge is 2.36. The number of halogens is 6. The van der Waals surface area contributed by atoms with Gasteiger partial charge in [-0.2, -0.15) is 0 Å². The molecule has 0 aromatic heterocycles. The molecule has 0 saturated heterocycles. The Morgan fingerprint density at radius 2 is 1.79 bits per heavy atom. The van der Waals surface area contributed by atoms with E-state index in [1.165, 1.54) is 0 Å². The Balaban J connectivity index is 1.46. The topological polar surface area (TPSA) is 9.23 Å². The second-order valence-corrected chi connectivity index (χ2v) is 9.36. The summed E-state index contributed by atoms with van der Waals surface area (Å²) in [4.78, 5) is 0. The fourth-order valence-corrected chi connectivity index (χ4v) is 5.27. The van der Waals surface area contributed by atoms with Crippen molar-refractivity contribution in [3.8, 4) is 5.75 Å². The molecule has 3 atom stereocenters. The average Bonchev–Trinajstić information content (AvgIpc) is 2.80. The summed E-state index contributed by atoms with van der Waals surface area (Å²) in [5, 5.41) is 0. The highest BCUT2D eigenvalue weighted by atomic mass is 19.4. The second-order valence-electron chi connectivity index (χ2n) is 9.36. The number of unbranched alkanes of at least 4 members (excludes halogenated alkanes) is 1. The number of hydrogen-bond donors (Lipinski definition) is 0. The van der Waals surface area contributed by atoms with E-state index < -0.39 is 29.9 Å². The first-order chi connectivity index (χ1) is 16.2. The van der Waals surface area contributed by atoms with E-state index in [0.717, 1.165) is 54.9 Å². The normalized spacial score (nSPS) is 22.8. The smallest absolute Gasteiger partial charge is 0.399 e. The highest BCUT2D eigenvalue weighted by Crippen LogP contribution is 2.41. The minimum Gasteiger partial charge on any atom is -0.399 e. The summed E-state index contributed by atoms with van der Waals surface area (Å²) in [5.41, 5.74) is 2.91. The van der Waals surface area contributed by atoms with Gasteiger partial charge in [0.1, 0.15) is 6.17 Å². The molecule has 1 saturated carbocycles. The molecule has 0 N–H and O–H groups in total. The molecule has 2 aromatic rings. The van der Waals surface area contributed by atoms with Crippen LogP contribution in [-0.2, 0) is 12.8 Å². The average molecular weight is 483 g/mol. The highest BCUT2D eigenvalue weighted by molar-refractivity contribution is 5.71. The number of rotatable bonds is 6. The molecule has 0 spiro atoms. The summed E-state index contributed by atoms with van der Waals surface area (Å²) < 4.78 is 84.6. The van der Waals surface area contributed by atoms with E-state index >= 15 is 0 Å². The van der Waals surface area contributed by atoms with E-state index in [1.54, 1.807) is 6.08 Å². The Morgan fingerprint density at radius 3 is 2.44 bits per heavy atom. The molecular formula is C27H28F6O. The van der Waals surface area contributed by atoms with Gasteiger partial charge in [0.05, 0.1) is 0 Å². The molecule has 3 unspecified atom stereocenters. The number of alkyl halides is 4. The van der Waals surface area contributed by atoms with Gasteiger partial charge in [-0.05, 0) is 71.9 Å². The van der Waals surface area contributed by atoms with Crippen LogP contribution in [0.15, 0.2) is 36.4 Å². The Morgan fingerprint density at radius 1 is 1.06 bits per heavy atom. The molecule has 34 heavy (non-hydrogen) atoms. The van der Waals surface area contributed by atoms with Gasteiger partial charge < -0.3 is 4.74 Å². The van der Waals surface area contributed by atoms with E-state index in [0.29, 0.717) is 17.9 Å². The molecule has 7 heteroatoms. The summed E-state index contributed by atoms with van der Waals surface area (Å²) in [6.45, 7) is 2.15. The molecule has 2 aliphatic rings. The van der Waals surface area contributed by atoms with E-state index in [4.69, 9.17) is 0 Å². The van der Waals surface area contributed by atoms with Crippen molar-refractivity contribution in [3.63, 3.8) is 0 Å². The summed E-state index contributed by atoms with van der Waals surface area (Å²) in [6.07, 6.45) is 1.71. The van der Waals surface area contributed by atoms with Crippen molar-refractivity contribution in [1.82, 2.24) is 0 Å². The van der Waals surface area contributed by atoms with Crippen LogP contribution in [0.25, 0.3) is 5.57 Å². The van der Waals surface area contributed by atoms with Crippen LogP contribution in [0.1, 0.15) is 73.6 Å². The third kappa shape index (κ3) is 5.44. The van der Waals surface area contributed by atoms with Crippen molar-refractivity contribution >= 4 is 5.57 Å². The van der Waals surface area contributed by atoms with Gasteiger partial charge in [-0.25, -0.2) is 13.2 Å². The maximum Gasteiger partial charge on any atom is 0.573 e. The molecule has 2 aromatic carbocycles. The fourth-order valence-electron chi connectivity index (χ4n) is 5.27. The van der Waals surface area contributed by atoms with Crippen molar-refractivity contribution in [3.05, 3.63) is 70.3 Å². The predicted octanol–water partition coefficient (Wildman–Crippen LogP) is 8.46. The van der Waals surface area contributed by atoms with Gasteiger partial charge in [-0.3, -0.25) is 0 Å².